The summed E-state index contributed by atoms with van der Waals surface area (Å²) in [6.45, 7) is 13.0. The summed E-state index contributed by atoms with van der Waals surface area (Å²) < 4.78 is 5.58. The van der Waals surface area contributed by atoms with Gasteiger partial charge in [-0.1, -0.05) is 169 Å². The average molecular weight is 507 g/mol. The predicted molar refractivity (Wildman–Crippen MR) is 161 cm³/mol. The zero-order valence-corrected chi connectivity index (χ0v) is 25.4. The zero-order valence-electron chi connectivity index (χ0n) is 25.4. The molecule has 0 aliphatic carbocycles. The minimum atomic E-state index is -0.221. The molecule has 2 nitrogen and oxygen atoms in total. The molecule has 2 atom stereocenters. The Hall–Kier alpha value is -0.790. The summed E-state index contributed by atoms with van der Waals surface area (Å²) in [4.78, 5) is 11.9. The highest BCUT2D eigenvalue weighted by atomic mass is 16.5. The molecule has 0 saturated heterocycles. The first-order valence-corrected chi connectivity index (χ1v) is 16.3. The van der Waals surface area contributed by atoms with Gasteiger partial charge in [-0.25, -0.2) is 4.79 Å². The fourth-order valence-corrected chi connectivity index (χ4v) is 5.35. The Labute approximate surface area is 227 Å². The lowest BCUT2D eigenvalue weighted by Gasteiger charge is -2.21. The van der Waals surface area contributed by atoms with Gasteiger partial charge in [0.05, 0.1) is 6.61 Å². The molecule has 0 aromatic heterocycles. The number of ether oxygens (including phenoxy) is 1. The first-order valence-electron chi connectivity index (χ1n) is 16.3. The second-order valence-electron chi connectivity index (χ2n) is 11.9. The lowest BCUT2D eigenvalue weighted by atomic mass is 9.88. The summed E-state index contributed by atoms with van der Waals surface area (Å²) in [6, 6.07) is 0. The van der Waals surface area contributed by atoms with E-state index in [1.807, 2.05) is 0 Å². The maximum atomic E-state index is 11.9. The van der Waals surface area contributed by atoms with Gasteiger partial charge in [0.25, 0.3) is 0 Å². The predicted octanol–water partition coefficient (Wildman–Crippen LogP) is 11.8. The van der Waals surface area contributed by atoms with E-state index in [1.54, 1.807) is 6.92 Å². The lowest BCUT2D eigenvalue weighted by Crippen LogP contribution is -2.17. The van der Waals surface area contributed by atoms with Crippen LogP contribution in [0.2, 0.25) is 0 Å². The maximum Gasteiger partial charge on any atom is 0.333 e. The monoisotopic (exact) mass is 507 g/mol. The fourth-order valence-electron chi connectivity index (χ4n) is 5.35. The molecule has 2 unspecified atom stereocenters. The van der Waals surface area contributed by atoms with E-state index in [0.29, 0.717) is 18.1 Å². The zero-order chi connectivity index (χ0) is 26.7. The van der Waals surface area contributed by atoms with Crippen LogP contribution in [-0.2, 0) is 9.53 Å². The van der Waals surface area contributed by atoms with Crippen molar-refractivity contribution in [2.45, 2.75) is 182 Å². The number of rotatable bonds is 28. The molecular weight excluding hydrogens is 440 g/mol. The molecule has 0 aromatic carbocycles. The van der Waals surface area contributed by atoms with Crippen LogP contribution in [0, 0.1) is 11.8 Å². The minimum Gasteiger partial charge on any atom is -0.462 e. The highest BCUT2D eigenvalue weighted by Gasteiger charge is 2.16. The van der Waals surface area contributed by atoms with Gasteiger partial charge in [0, 0.05) is 5.57 Å². The Kier molecular flexibility index (Phi) is 26.7. The third-order valence-corrected chi connectivity index (χ3v) is 7.80. The molecule has 0 aliphatic rings. The van der Waals surface area contributed by atoms with Crippen molar-refractivity contribution in [3.05, 3.63) is 12.2 Å². The topological polar surface area (TPSA) is 26.3 Å². The van der Waals surface area contributed by atoms with Gasteiger partial charge in [0.15, 0.2) is 0 Å². The van der Waals surface area contributed by atoms with Crippen molar-refractivity contribution in [1.29, 1.82) is 0 Å². The van der Waals surface area contributed by atoms with Crippen LogP contribution in [0.4, 0.5) is 0 Å². The lowest BCUT2D eigenvalue weighted by molar-refractivity contribution is -0.140. The van der Waals surface area contributed by atoms with Gasteiger partial charge in [0.1, 0.15) is 0 Å². The van der Waals surface area contributed by atoms with Crippen molar-refractivity contribution < 1.29 is 9.53 Å². The molecule has 0 bridgehead atoms. The molecule has 0 N–H and O–H groups in total. The van der Waals surface area contributed by atoms with Crippen molar-refractivity contribution >= 4 is 5.97 Å². The SMILES string of the molecule is C=C(C)C(=O)OCC(CCCCCCCCCCCCCC)CC(C)CCCCCCCCCCC. The molecule has 2 heteroatoms. The van der Waals surface area contributed by atoms with Gasteiger partial charge in [-0.3, -0.25) is 0 Å². The highest BCUT2D eigenvalue weighted by Crippen LogP contribution is 2.24. The largest absolute Gasteiger partial charge is 0.462 e. The van der Waals surface area contributed by atoms with E-state index in [-0.39, 0.29) is 5.97 Å². The Morgan fingerprint density at radius 3 is 1.36 bits per heavy atom. The Bertz CT molecular complexity index is 484. The van der Waals surface area contributed by atoms with Crippen molar-refractivity contribution in [3.8, 4) is 0 Å². The average Bonchev–Trinajstić information content (AvgIpc) is 2.86. The van der Waals surface area contributed by atoms with Gasteiger partial charge in [-0.2, -0.15) is 0 Å². The molecule has 214 valence electrons. The summed E-state index contributed by atoms with van der Waals surface area (Å²) in [6.07, 6.45) is 32.9. The van der Waals surface area contributed by atoms with Gasteiger partial charge in [0.2, 0.25) is 0 Å². The van der Waals surface area contributed by atoms with E-state index >= 15 is 0 Å². The molecule has 0 radical (unpaired) electrons. The van der Waals surface area contributed by atoms with Crippen LogP contribution >= 0.6 is 0 Å². The van der Waals surface area contributed by atoms with Crippen LogP contribution in [0.3, 0.4) is 0 Å². The van der Waals surface area contributed by atoms with E-state index < -0.39 is 0 Å². The molecule has 0 aromatic rings. The normalized spacial score (nSPS) is 13.0. The summed E-state index contributed by atoms with van der Waals surface area (Å²) in [5.41, 5.74) is 0.516. The third kappa shape index (κ3) is 24.9. The van der Waals surface area contributed by atoms with Crippen LogP contribution in [0.5, 0.6) is 0 Å². The molecule has 0 saturated carbocycles. The highest BCUT2D eigenvalue weighted by molar-refractivity contribution is 5.86. The second kappa shape index (κ2) is 27.3. The van der Waals surface area contributed by atoms with Gasteiger partial charge in [-0.15, -0.1) is 0 Å². The molecule has 0 amide bonds. The standard InChI is InChI=1S/C34H66O2/c1-6-8-10-12-14-16-17-18-20-22-24-26-28-33(30-36-34(35)31(3)4)29-32(5)27-25-23-21-19-15-13-11-9-7-2/h32-33H,3,6-30H2,1-2,4-5H3. The number of carbonyl (C=O) groups excluding carboxylic acids is 1. The van der Waals surface area contributed by atoms with E-state index in [4.69, 9.17) is 4.74 Å². The first-order chi connectivity index (χ1) is 17.5. The van der Waals surface area contributed by atoms with Crippen molar-refractivity contribution in [1.82, 2.24) is 0 Å². The molecular formula is C34H66O2. The number of hydrogen-bond donors (Lipinski definition) is 0. The Morgan fingerprint density at radius 2 is 0.972 bits per heavy atom. The van der Waals surface area contributed by atoms with Crippen LogP contribution in [0.1, 0.15) is 182 Å². The summed E-state index contributed by atoms with van der Waals surface area (Å²) in [7, 11) is 0. The second-order valence-corrected chi connectivity index (χ2v) is 11.9. The molecule has 0 aliphatic heterocycles. The summed E-state index contributed by atoms with van der Waals surface area (Å²) >= 11 is 0. The minimum absolute atomic E-state index is 0.221. The van der Waals surface area contributed by atoms with Gasteiger partial charge < -0.3 is 4.74 Å². The van der Waals surface area contributed by atoms with E-state index in [9.17, 15) is 4.79 Å². The van der Waals surface area contributed by atoms with Crippen molar-refractivity contribution in [2.24, 2.45) is 11.8 Å². The molecule has 0 fully saturated rings. The summed E-state index contributed by atoms with van der Waals surface area (Å²) in [5, 5.41) is 0. The smallest absolute Gasteiger partial charge is 0.333 e. The quantitative estimate of drug-likeness (QED) is 0.0599. The fraction of sp³-hybridized carbons (Fsp3) is 0.912. The van der Waals surface area contributed by atoms with E-state index in [0.717, 1.165) is 5.92 Å². The van der Waals surface area contributed by atoms with E-state index in [1.165, 1.54) is 154 Å². The van der Waals surface area contributed by atoms with Gasteiger partial charge in [-0.05, 0) is 31.6 Å². The number of hydrogen-bond acceptors (Lipinski definition) is 2. The Morgan fingerprint density at radius 1 is 0.611 bits per heavy atom. The molecule has 0 heterocycles. The molecule has 36 heavy (non-hydrogen) atoms. The Balaban J connectivity index is 3.99. The first kappa shape index (κ1) is 35.2. The van der Waals surface area contributed by atoms with E-state index in [2.05, 4.69) is 27.4 Å². The molecule has 0 spiro atoms. The van der Waals surface area contributed by atoms with Crippen LogP contribution in [-0.4, -0.2) is 12.6 Å². The van der Waals surface area contributed by atoms with Crippen LogP contribution < -0.4 is 0 Å². The summed E-state index contributed by atoms with van der Waals surface area (Å²) in [5.74, 6) is 1.01. The third-order valence-electron chi connectivity index (χ3n) is 7.80. The van der Waals surface area contributed by atoms with Crippen molar-refractivity contribution in [2.75, 3.05) is 6.61 Å². The maximum absolute atomic E-state index is 11.9. The van der Waals surface area contributed by atoms with Crippen LogP contribution in [0.25, 0.3) is 0 Å². The van der Waals surface area contributed by atoms with Crippen LogP contribution in [0.15, 0.2) is 12.2 Å². The number of carbonyl (C=O) groups is 1. The van der Waals surface area contributed by atoms with Crippen molar-refractivity contribution in [3.63, 3.8) is 0 Å². The number of unbranched alkanes of at least 4 members (excludes halogenated alkanes) is 19. The number of esters is 1. The van der Waals surface area contributed by atoms with Gasteiger partial charge >= 0.3 is 5.97 Å². The molecule has 0 rings (SSSR count).